The highest BCUT2D eigenvalue weighted by Gasteiger charge is 2.41. The molecule has 0 aromatic carbocycles. The van der Waals surface area contributed by atoms with Gasteiger partial charge in [0.25, 0.3) is 0 Å². The Bertz CT molecular complexity index is 322. The first kappa shape index (κ1) is 13.8. The van der Waals surface area contributed by atoms with Gasteiger partial charge in [0.15, 0.2) is 0 Å². The molecule has 0 heterocycles. The Hall–Kier alpha value is -0.590. The lowest BCUT2D eigenvalue weighted by Crippen LogP contribution is -2.45. The second-order valence-electron chi connectivity index (χ2n) is 6.45. The van der Waals surface area contributed by atoms with Crippen molar-refractivity contribution in [2.75, 3.05) is 27.2 Å². The quantitative estimate of drug-likeness (QED) is 0.784. The van der Waals surface area contributed by atoms with E-state index >= 15 is 0 Å². The number of hydrogen-bond acceptors (Lipinski definition) is 3. The number of nitrogens with zero attached hydrogens (tertiary/aromatic N) is 2. The van der Waals surface area contributed by atoms with Gasteiger partial charge < -0.3 is 10.2 Å². The molecule has 0 saturated heterocycles. The fraction of sp³-hybridized carbons (Fsp3) is 0.933. The lowest BCUT2D eigenvalue weighted by Gasteiger charge is -2.29. The second-order valence-corrected chi connectivity index (χ2v) is 6.45. The molecule has 2 rings (SSSR count). The summed E-state index contributed by atoms with van der Waals surface area (Å²) in [7, 11) is 4.17. The molecule has 2 aliphatic rings. The molecule has 18 heavy (non-hydrogen) atoms. The molecule has 3 nitrogen and oxygen atoms in total. The normalized spacial score (nSPS) is 38.9. The van der Waals surface area contributed by atoms with Gasteiger partial charge in [0.1, 0.15) is 5.54 Å². The van der Waals surface area contributed by atoms with Crippen LogP contribution in [0, 0.1) is 29.1 Å². The van der Waals surface area contributed by atoms with Crippen LogP contribution < -0.4 is 5.32 Å². The maximum absolute atomic E-state index is 9.42. The van der Waals surface area contributed by atoms with Crippen molar-refractivity contribution in [2.24, 2.45) is 17.8 Å². The molecule has 0 bridgehead atoms. The van der Waals surface area contributed by atoms with E-state index in [-0.39, 0.29) is 5.54 Å². The smallest absolute Gasteiger partial charge is 0.109 e. The van der Waals surface area contributed by atoms with Gasteiger partial charge in [0, 0.05) is 6.54 Å². The maximum atomic E-state index is 9.42. The molecule has 2 saturated carbocycles. The predicted octanol–water partition coefficient (Wildman–Crippen LogP) is 2.25. The van der Waals surface area contributed by atoms with E-state index in [1.165, 1.54) is 25.8 Å². The van der Waals surface area contributed by atoms with Crippen molar-refractivity contribution in [3.8, 4) is 6.07 Å². The molecule has 0 spiro atoms. The van der Waals surface area contributed by atoms with Gasteiger partial charge in [-0.05, 0) is 64.1 Å². The molecule has 0 aromatic rings. The maximum Gasteiger partial charge on any atom is 0.109 e. The van der Waals surface area contributed by atoms with Crippen LogP contribution >= 0.6 is 0 Å². The molecule has 0 radical (unpaired) electrons. The van der Waals surface area contributed by atoms with Crippen molar-refractivity contribution >= 4 is 0 Å². The van der Waals surface area contributed by atoms with Crippen LogP contribution in [0.15, 0.2) is 0 Å². The number of nitrogens with one attached hydrogen (secondary N) is 1. The highest BCUT2D eigenvalue weighted by atomic mass is 15.1. The lowest BCUT2D eigenvalue weighted by molar-refractivity contribution is 0.249. The summed E-state index contributed by atoms with van der Waals surface area (Å²) in [6.07, 6.45) is 6.00. The van der Waals surface area contributed by atoms with Crippen molar-refractivity contribution in [1.29, 1.82) is 5.26 Å². The summed E-state index contributed by atoms with van der Waals surface area (Å²) in [5.41, 5.74) is -0.242. The van der Waals surface area contributed by atoms with E-state index in [1.807, 2.05) is 7.05 Å². The van der Waals surface area contributed by atoms with Gasteiger partial charge >= 0.3 is 0 Å². The van der Waals surface area contributed by atoms with Crippen LogP contribution in [0.5, 0.6) is 0 Å². The lowest BCUT2D eigenvalue weighted by atomic mass is 9.86. The Balaban J connectivity index is 1.77. The molecule has 0 aromatic heterocycles. The molecule has 0 amide bonds. The molecule has 2 aliphatic carbocycles. The fourth-order valence-corrected chi connectivity index (χ4v) is 3.52. The topological polar surface area (TPSA) is 39.1 Å². The first-order valence-corrected chi connectivity index (χ1v) is 7.40. The third-order valence-electron chi connectivity index (χ3n) is 5.15. The molecule has 4 atom stereocenters. The highest BCUT2D eigenvalue weighted by molar-refractivity contribution is 5.13. The van der Waals surface area contributed by atoms with Crippen molar-refractivity contribution < 1.29 is 0 Å². The van der Waals surface area contributed by atoms with Gasteiger partial charge in [-0.15, -0.1) is 0 Å². The van der Waals surface area contributed by atoms with E-state index in [1.54, 1.807) is 0 Å². The van der Waals surface area contributed by atoms with E-state index in [0.717, 1.165) is 31.2 Å². The summed E-state index contributed by atoms with van der Waals surface area (Å²) in [6.45, 7) is 4.73. The third kappa shape index (κ3) is 2.87. The van der Waals surface area contributed by atoms with Gasteiger partial charge in [-0.3, -0.25) is 0 Å². The van der Waals surface area contributed by atoms with Crippen LogP contribution in [-0.4, -0.2) is 37.6 Å². The summed E-state index contributed by atoms with van der Waals surface area (Å²) in [5, 5.41) is 12.7. The van der Waals surface area contributed by atoms with Gasteiger partial charge in [-0.25, -0.2) is 0 Å². The number of nitriles is 1. The van der Waals surface area contributed by atoms with Crippen LogP contribution in [0.3, 0.4) is 0 Å². The monoisotopic (exact) mass is 249 g/mol. The van der Waals surface area contributed by atoms with E-state index < -0.39 is 0 Å². The Morgan fingerprint density at radius 1 is 1.50 bits per heavy atom. The molecule has 4 unspecified atom stereocenters. The summed E-state index contributed by atoms with van der Waals surface area (Å²) in [4.78, 5) is 2.46. The summed E-state index contributed by atoms with van der Waals surface area (Å²) < 4.78 is 0. The standard InChI is InChI=1S/C15H27N3/c1-12-9-13(12)10-18(3)8-6-14-5-4-7-15(14,11-16)17-2/h12-14,17H,4-10H2,1-3H3. The Kier molecular flexibility index (Phi) is 4.29. The van der Waals surface area contributed by atoms with E-state index in [4.69, 9.17) is 0 Å². The van der Waals surface area contributed by atoms with Crippen LogP contribution in [0.25, 0.3) is 0 Å². The SMILES string of the molecule is CNC1(C#N)CCCC1CCN(C)CC1CC1C. The van der Waals surface area contributed by atoms with E-state index in [9.17, 15) is 5.26 Å². The van der Waals surface area contributed by atoms with Crippen LogP contribution in [0.1, 0.15) is 39.0 Å². The minimum atomic E-state index is -0.242. The third-order valence-corrected chi connectivity index (χ3v) is 5.15. The van der Waals surface area contributed by atoms with Crippen LogP contribution in [0.2, 0.25) is 0 Å². The van der Waals surface area contributed by atoms with E-state index in [0.29, 0.717) is 5.92 Å². The Morgan fingerprint density at radius 3 is 2.78 bits per heavy atom. The average molecular weight is 249 g/mol. The molecule has 0 aliphatic heterocycles. The van der Waals surface area contributed by atoms with Gasteiger partial charge in [0.2, 0.25) is 0 Å². The van der Waals surface area contributed by atoms with Crippen LogP contribution in [-0.2, 0) is 0 Å². The fourth-order valence-electron chi connectivity index (χ4n) is 3.52. The molecular weight excluding hydrogens is 222 g/mol. The molecular formula is C15H27N3. The second kappa shape index (κ2) is 5.59. The van der Waals surface area contributed by atoms with Crippen molar-refractivity contribution in [3.05, 3.63) is 0 Å². The van der Waals surface area contributed by atoms with Crippen molar-refractivity contribution in [2.45, 2.75) is 44.6 Å². The van der Waals surface area contributed by atoms with Gasteiger partial charge in [0.05, 0.1) is 6.07 Å². The molecule has 1 N–H and O–H groups in total. The minimum Gasteiger partial charge on any atom is -0.306 e. The molecule has 3 heteroatoms. The Morgan fingerprint density at radius 2 is 2.22 bits per heavy atom. The zero-order valence-electron chi connectivity index (χ0n) is 12.1. The number of rotatable bonds is 6. The highest BCUT2D eigenvalue weighted by Crippen LogP contribution is 2.39. The zero-order chi connectivity index (χ0) is 13.2. The summed E-state index contributed by atoms with van der Waals surface area (Å²) in [6, 6.07) is 2.53. The Labute approximate surface area is 112 Å². The van der Waals surface area contributed by atoms with Gasteiger partial charge in [-0.1, -0.05) is 13.3 Å². The van der Waals surface area contributed by atoms with Crippen molar-refractivity contribution in [1.82, 2.24) is 10.2 Å². The first-order valence-electron chi connectivity index (χ1n) is 7.40. The molecule has 2 fully saturated rings. The largest absolute Gasteiger partial charge is 0.306 e. The zero-order valence-corrected chi connectivity index (χ0v) is 12.1. The number of hydrogen-bond donors (Lipinski definition) is 1. The van der Waals surface area contributed by atoms with Crippen molar-refractivity contribution in [3.63, 3.8) is 0 Å². The predicted molar refractivity (Wildman–Crippen MR) is 74.1 cm³/mol. The first-order chi connectivity index (χ1) is 8.61. The van der Waals surface area contributed by atoms with Crippen LogP contribution in [0.4, 0.5) is 0 Å². The molecule has 102 valence electrons. The van der Waals surface area contributed by atoms with E-state index in [2.05, 4.69) is 30.3 Å². The van der Waals surface area contributed by atoms with Gasteiger partial charge in [-0.2, -0.15) is 5.26 Å². The summed E-state index contributed by atoms with van der Waals surface area (Å²) >= 11 is 0. The minimum absolute atomic E-state index is 0.242. The average Bonchev–Trinajstić information content (AvgIpc) is 2.92. The summed E-state index contributed by atoms with van der Waals surface area (Å²) in [5.74, 6) is 2.41.